The second-order valence-electron chi connectivity index (χ2n) is 11.7. The van der Waals surface area contributed by atoms with E-state index in [0.29, 0.717) is 28.9 Å². The van der Waals surface area contributed by atoms with Crippen LogP contribution in [-0.2, 0) is 46.1 Å². The molecule has 0 aliphatic heterocycles. The van der Waals surface area contributed by atoms with E-state index >= 15 is 0 Å². The lowest BCUT2D eigenvalue weighted by Gasteiger charge is -2.16. The van der Waals surface area contributed by atoms with Gasteiger partial charge in [0.2, 0.25) is 0 Å². The average molecular weight is 690 g/mol. The van der Waals surface area contributed by atoms with Crippen LogP contribution < -0.4 is 11.6 Å². The number of carbonyl (C=O) groups excluding carboxylic acids is 1. The van der Waals surface area contributed by atoms with Crippen LogP contribution in [0, 0.1) is 10.1 Å². The molecule has 0 atom stereocenters. The minimum absolute atomic E-state index is 0.0457. The fourth-order valence-corrected chi connectivity index (χ4v) is 5.12. The molecule has 0 bridgehead atoms. The van der Waals surface area contributed by atoms with E-state index in [1.165, 1.54) is 13.8 Å². The number of hydrazone groups is 1. The van der Waals surface area contributed by atoms with Gasteiger partial charge in [-0.15, -0.1) is 15.2 Å². The molecule has 0 fully saturated rings. The molecule has 50 heavy (non-hydrogen) atoms. The van der Waals surface area contributed by atoms with E-state index < -0.39 is 29.5 Å². The standard InChI is InChI=1S/C34H39N7O9/c1-4-8-28-37-30(34(2,3)45)29(32(42)43)39(28)18-22-13-15-25(16-14-22)26-11-5-6-12-27(26)31(35)38-40(36)21-49-33(44)48-19-23-9-7-10-24(17-23)20-50-41(46)47/h5-7,9-17,45H,4,8,18-21,36H2,1-3H3,(H2,35,38)(H,42,43). The molecule has 6 N–H and O–H groups in total. The summed E-state index contributed by atoms with van der Waals surface area (Å²) in [5.74, 6) is 5.38. The Bertz CT molecular complexity index is 1850. The third kappa shape index (κ3) is 9.77. The van der Waals surface area contributed by atoms with Crippen LogP contribution >= 0.6 is 0 Å². The fraction of sp³-hybridized carbons (Fsp3) is 0.294. The number of aliphatic hydroxyl groups is 1. The quantitative estimate of drug-likeness (QED) is 0.0245. The number of aromatic nitrogens is 2. The first-order chi connectivity index (χ1) is 23.8. The number of imidazole rings is 1. The zero-order chi connectivity index (χ0) is 36.4. The zero-order valence-corrected chi connectivity index (χ0v) is 27.8. The Labute approximate surface area is 287 Å². The van der Waals surface area contributed by atoms with E-state index in [-0.39, 0.29) is 37.0 Å². The maximum Gasteiger partial charge on any atom is 0.510 e. The molecule has 1 aromatic heterocycles. The number of carboxylic acid groups (broad SMARTS) is 1. The summed E-state index contributed by atoms with van der Waals surface area (Å²) in [6.07, 6.45) is 0.273. The second kappa shape index (κ2) is 16.4. The van der Waals surface area contributed by atoms with Gasteiger partial charge >= 0.3 is 12.1 Å². The van der Waals surface area contributed by atoms with Crippen molar-refractivity contribution in [3.05, 3.63) is 122 Å². The van der Waals surface area contributed by atoms with Crippen LogP contribution in [0.4, 0.5) is 4.79 Å². The van der Waals surface area contributed by atoms with E-state index in [9.17, 15) is 29.9 Å². The third-order valence-corrected chi connectivity index (χ3v) is 7.35. The molecule has 4 rings (SSSR count). The van der Waals surface area contributed by atoms with Crippen molar-refractivity contribution in [2.75, 3.05) is 6.73 Å². The van der Waals surface area contributed by atoms with Crippen molar-refractivity contribution >= 4 is 18.0 Å². The van der Waals surface area contributed by atoms with Crippen molar-refractivity contribution < 1.29 is 39.2 Å². The number of ether oxygens (including phenoxy) is 2. The van der Waals surface area contributed by atoms with Crippen molar-refractivity contribution in [1.29, 1.82) is 0 Å². The number of nitrogens with zero attached hydrogens (tertiary/aromatic N) is 5. The predicted octanol–water partition coefficient (Wildman–Crippen LogP) is 4.29. The Balaban J connectivity index is 1.42. The summed E-state index contributed by atoms with van der Waals surface area (Å²) in [5, 5.41) is 35.1. The number of carbonyl (C=O) groups is 2. The number of amidine groups is 1. The molecule has 0 amide bonds. The first-order valence-electron chi connectivity index (χ1n) is 15.5. The highest BCUT2D eigenvalue weighted by Crippen LogP contribution is 2.28. The molecular weight excluding hydrogens is 650 g/mol. The number of hydrogen-bond acceptors (Lipinski definition) is 12. The van der Waals surface area contributed by atoms with E-state index in [1.54, 1.807) is 41.0 Å². The van der Waals surface area contributed by atoms with Crippen molar-refractivity contribution in [2.45, 2.75) is 59.0 Å². The van der Waals surface area contributed by atoms with Crippen LogP contribution in [0.1, 0.15) is 71.5 Å². The van der Waals surface area contributed by atoms with Gasteiger partial charge in [0.05, 0.1) is 0 Å². The number of carboxylic acids is 1. The van der Waals surface area contributed by atoms with Gasteiger partial charge in [0, 0.05) is 18.5 Å². The van der Waals surface area contributed by atoms with Crippen LogP contribution in [-0.4, -0.2) is 54.7 Å². The summed E-state index contributed by atoms with van der Waals surface area (Å²) >= 11 is 0. The molecule has 0 spiro atoms. The zero-order valence-electron chi connectivity index (χ0n) is 27.8. The van der Waals surface area contributed by atoms with Gasteiger partial charge in [-0.3, -0.25) is 0 Å². The van der Waals surface area contributed by atoms with E-state index in [1.807, 2.05) is 43.3 Å². The maximum atomic E-state index is 12.3. The molecule has 0 unspecified atom stereocenters. The van der Waals surface area contributed by atoms with Crippen molar-refractivity contribution in [3.63, 3.8) is 0 Å². The molecule has 0 radical (unpaired) electrons. The molecule has 4 aromatic rings. The first kappa shape index (κ1) is 36.8. The van der Waals surface area contributed by atoms with E-state index in [4.69, 9.17) is 21.1 Å². The molecule has 0 saturated carbocycles. The smallest absolute Gasteiger partial charge is 0.477 e. The highest BCUT2D eigenvalue weighted by Gasteiger charge is 2.31. The summed E-state index contributed by atoms with van der Waals surface area (Å²) in [6, 6.07) is 21.3. The molecule has 16 nitrogen and oxygen atoms in total. The van der Waals surface area contributed by atoms with Crippen LogP contribution in [0.2, 0.25) is 0 Å². The third-order valence-electron chi connectivity index (χ3n) is 7.35. The highest BCUT2D eigenvalue weighted by molar-refractivity contribution is 6.03. The summed E-state index contributed by atoms with van der Waals surface area (Å²) < 4.78 is 11.7. The lowest BCUT2D eigenvalue weighted by molar-refractivity contribution is -0.763. The summed E-state index contributed by atoms with van der Waals surface area (Å²) in [4.78, 5) is 43.7. The minimum Gasteiger partial charge on any atom is -0.477 e. The minimum atomic E-state index is -1.43. The first-order valence-corrected chi connectivity index (χ1v) is 15.5. The fourth-order valence-electron chi connectivity index (χ4n) is 5.12. The van der Waals surface area contributed by atoms with Crippen molar-refractivity contribution in [1.82, 2.24) is 14.7 Å². The summed E-state index contributed by atoms with van der Waals surface area (Å²) in [6.45, 7) is 4.37. The van der Waals surface area contributed by atoms with Gasteiger partial charge in [0.25, 0.3) is 5.09 Å². The van der Waals surface area contributed by atoms with Gasteiger partial charge < -0.3 is 34.8 Å². The Morgan fingerprint density at radius 2 is 1.70 bits per heavy atom. The molecule has 0 saturated heterocycles. The second-order valence-corrected chi connectivity index (χ2v) is 11.7. The van der Waals surface area contributed by atoms with Gasteiger partial charge in [-0.25, -0.2) is 20.4 Å². The number of benzene rings is 3. The lowest BCUT2D eigenvalue weighted by atomic mass is 9.98. The number of hydrazine groups is 1. The molecule has 264 valence electrons. The van der Waals surface area contributed by atoms with E-state index in [2.05, 4.69) is 14.9 Å². The normalized spacial score (nSPS) is 11.6. The molecular formula is C34H39N7O9. The van der Waals surface area contributed by atoms with Crippen LogP contribution in [0.5, 0.6) is 0 Å². The Morgan fingerprint density at radius 3 is 2.34 bits per heavy atom. The van der Waals surface area contributed by atoms with Gasteiger partial charge in [0.15, 0.2) is 18.3 Å². The average Bonchev–Trinajstić information content (AvgIpc) is 3.44. The number of aryl methyl sites for hydroxylation is 1. The van der Waals surface area contributed by atoms with Crippen LogP contribution in [0.15, 0.2) is 77.9 Å². The number of hydrogen-bond donors (Lipinski definition) is 4. The summed E-state index contributed by atoms with van der Waals surface area (Å²) in [5.41, 5.74) is 8.96. The molecule has 3 aromatic carbocycles. The Kier molecular flexibility index (Phi) is 12.1. The van der Waals surface area contributed by atoms with E-state index in [0.717, 1.165) is 28.2 Å². The van der Waals surface area contributed by atoms with Gasteiger partial charge in [-0.1, -0.05) is 79.7 Å². The maximum absolute atomic E-state index is 12.3. The highest BCUT2D eigenvalue weighted by atomic mass is 16.9. The van der Waals surface area contributed by atoms with Gasteiger partial charge in [-0.2, -0.15) is 5.12 Å². The van der Waals surface area contributed by atoms with Crippen molar-refractivity contribution in [2.24, 2.45) is 16.7 Å². The van der Waals surface area contributed by atoms with Gasteiger partial charge in [0.1, 0.15) is 30.3 Å². The Hall–Kier alpha value is -6.00. The van der Waals surface area contributed by atoms with Crippen molar-refractivity contribution in [3.8, 4) is 11.1 Å². The number of rotatable bonds is 16. The largest absolute Gasteiger partial charge is 0.510 e. The van der Waals surface area contributed by atoms with Crippen LogP contribution in [0.3, 0.4) is 0 Å². The van der Waals surface area contributed by atoms with Crippen LogP contribution in [0.25, 0.3) is 11.1 Å². The molecule has 0 aliphatic rings. The number of aromatic carboxylic acids is 1. The monoisotopic (exact) mass is 689 g/mol. The summed E-state index contributed by atoms with van der Waals surface area (Å²) in [7, 11) is 0. The molecule has 16 heteroatoms. The Morgan fingerprint density at radius 1 is 1.02 bits per heavy atom. The predicted molar refractivity (Wildman–Crippen MR) is 181 cm³/mol. The number of nitrogens with two attached hydrogens (primary N) is 2. The lowest BCUT2D eigenvalue weighted by Crippen LogP contribution is -2.33. The molecule has 1 heterocycles. The molecule has 0 aliphatic carbocycles. The SMILES string of the molecule is CCCc1nc(C(C)(C)O)c(C(=O)O)n1Cc1ccc(-c2ccccc2/C(N)=N/N(N)COC(=O)OCc2cccc(CO[N+](=O)[O-])c2)cc1. The van der Waals surface area contributed by atoms with Gasteiger partial charge in [-0.05, 0) is 48.1 Å². The topological polar surface area (TPSA) is 231 Å².